The molecule has 1 aromatic heterocycles. The van der Waals surface area contributed by atoms with Crippen LogP contribution in [0.4, 0.5) is 16.0 Å². The van der Waals surface area contributed by atoms with Crippen LogP contribution >= 0.6 is 0 Å². The summed E-state index contributed by atoms with van der Waals surface area (Å²) in [5.74, 6) is 0.0641. The van der Waals surface area contributed by atoms with Gasteiger partial charge < -0.3 is 10.6 Å². The van der Waals surface area contributed by atoms with E-state index >= 15 is 0 Å². The first-order chi connectivity index (χ1) is 8.72. The molecule has 0 saturated heterocycles. The first-order valence-corrected chi connectivity index (χ1v) is 5.58. The lowest BCUT2D eigenvalue weighted by Gasteiger charge is -2.06. The van der Waals surface area contributed by atoms with Gasteiger partial charge in [0.05, 0.1) is 11.3 Å². The lowest BCUT2D eigenvalue weighted by Crippen LogP contribution is -2.16. The normalized spacial score (nSPS) is 13.4. The van der Waals surface area contributed by atoms with Crippen molar-refractivity contribution in [1.82, 2.24) is 15.3 Å². The molecule has 3 N–H and O–H groups in total. The largest absolute Gasteiger partial charge is 0.326 e. The van der Waals surface area contributed by atoms with Crippen molar-refractivity contribution in [3.63, 3.8) is 0 Å². The lowest BCUT2D eigenvalue weighted by atomic mass is 10.3. The number of rotatable bonds is 2. The minimum Gasteiger partial charge on any atom is -0.326 e. The molecule has 1 aliphatic heterocycles. The van der Waals surface area contributed by atoms with E-state index in [0.29, 0.717) is 30.3 Å². The number of H-pyrrole nitrogens is 1. The van der Waals surface area contributed by atoms with E-state index in [1.165, 1.54) is 12.1 Å². The second-order valence-electron chi connectivity index (χ2n) is 4.08. The molecule has 0 saturated carbocycles. The fraction of sp³-hybridized carbons (Fsp3) is 0.167. The van der Waals surface area contributed by atoms with Crippen LogP contribution in [0.15, 0.2) is 29.1 Å². The number of fused-ring (bicyclic) bond motifs is 1. The first kappa shape index (κ1) is 10.9. The number of halogens is 1. The van der Waals surface area contributed by atoms with Crippen LogP contribution in [0.3, 0.4) is 0 Å². The highest BCUT2D eigenvalue weighted by Gasteiger charge is 2.16. The van der Waals surface area contributed by atoms with Gasteiger partial charge in [-0.2, -0.15) is 0 Å². The van der Waals surface area contributed by atoms with Crippen LogP contribution in [0.5, 0.6) is 0 Å². The molecule has 1 aliphatic rings. The molecule has 18 heavy (non-hydrogen) atoms. The summed E-state index contributed by atoms with van der Waals surface area (Å²) < 4.78 is 12.8. The Hall–Kier alpha value is -2.21. The number of hydrogen-bond donors (Lipinski definition) is 3. The molecule has 0 amide bonds. The number of benzene rings is 1. The van der Waals surface area contributed by atoms with E-state index in [-0.39, 0.29) is 11.4 Å². The van der Waals surface area contributed by atoms with Gasteiger partial charge in [0.2, 0.25) is 5.95 Å². The Morgan fingerprint density at radius 3 is 2.78 bits per heavy atom. The molecule has 2 aromatic rings. The van der Waals surface area contributed by atoms with E-state index < -0.39 is 0 Å². The highest BCUT2D eigenvalue weighted by atomic mass is 19.1. The van der Waals surface area contributed by atoms with Gasteiger partial charge in [-0.3, -0.25) is 9.78 Å². The number of aromatic nitrogens is 2. The maximum Gasteiger partial charge on any atom is 0.257 e. The molecule has 0 spiro atoms. The second-order valence-corrected chi connectivity index (χ2v) is 4.08. The molecule has 0 unspecified atom stereocenters. The SMILES string of the molecule is O=c1[nH]c(Nc2ccc(F)cc2)nc2c1CNC2. The van der Waals surface area contributed by atoms with Gasteiger partial charge in [0, 0.05) is 18.8 Å². The van der Waals surface area contributed by atoms with Crippen LogP contribution in [0.1, 0.15) is 11.3 Å². The first-order valence-electron chi connectivity index (χ1n) is 5.58. The average Bonchev–Trinajstić information content (AvgIpc) is 2.81. The summed E-state index contributed by atoms with van der Waals surface area (Å²) in [4.78, 5) is 18.7. The van der Waals surface area contributed by atoms with Gasteiger partial charge in [0.15, 0.2) is 0 Å². The Morgan fingerprint density at radius 2 is 2.00 bits per heavy atom. The Kier molecular flexibility index (Phi) is 2.56. The minimum absolute atomic E-state index is 0.144. The van der Waals surface area contributed by atoms with Gasteiger partial charge in [0.25, 0.3) is 5.56 Å². The zero-order valence-electron chi connectivity index (χ0n) is 9.46. The predicted molar refractivity (Wildman–Crippen MR) is 65.1 cm³/mol. The highest BCUT2D eigenvalue weighted by molar-refractivity contribution is 5.53. The molecule has 0 atom stereocenters. The summed E-state index contributed by atoms with van der Waals surface area (Å²) in [6.07, 6.45) is 0. The predicted octanol–water partition coefficient (Wildman–Crippen LogP) is 1.26. The molecule has 0 fully saturated rings. The molecule has 0 aliphatic carbocycles. The molecule has 3 rings (SSSR count). The van der Waals surface area contributed by atoms with E-state index in [0.717, 1.165) is 5.69 Å². The summed E-state index contributed by atoms with van der Waals surface area (Å²) in [6, 6.07) is 5.85. The summed E-state index contributed by atoms with van der Waals surface area (Å²) in [7, 11) is 0. The third-order valence-corrected chi connectivity index (χ3v) is 2.80. The highest BCUT2D eigenvalue weighted by Crippen LogP contribution is 2.15. The van der Waals surface area contributed by atoms with Gasteiger partial charge in [-0.15, -0.1) is 0 Å². The Labute approximate surface area is 102 Å². The van der Waals surface area contributed by atoms with Crippen LogP contribution in [0.2, 0.25) is 0 Å². The Balaban J connectivity index is 1.92. The minimum atomic E-state index is -0.305. The van der Waals surface area contributed by atoms with Gasteiger partial charge in [-0.25, -0.2) is 9.37 Å². The van der Waals surface area contributed by atoms with Crippen LogP contribution in [0, 0.1) is 5.82 Å². The molecule has 0 bridgehead atoms. The molecule has 0 radical (unpaired) electrons. The quantitative estimate of drug-likeness (QED) is 0.746. The molecule has 6 heteroatoms. The fourth-order valence-electron chi connectivity index (χ4n) is 1.91. The smallest absolute Gasteiger partial charge is 0.257 e. The number of nitrogens with zero attached hydrogens (tertiary/aromatic N) is 1. The van der Waals surface area contributed by atoms with Crippen LogP contribution in [0.25, 0.3) is 0 Å². The van der Waals surface area contributed by atoms with Crippen molar-refractivity contribution < 1.29 is 4.39 Å². The molecular formula is C12H11FN4O. The maximum atomic E-state index is 12.8. The molecule has 1 aromatic carbocycles. The average molecular weight is 246 g/mol. The van der Waals surface area contributed by atoms with E-state index in [4.69, 9.17) is 0 Å². The van der Waals surface area contributed by atoms with E-state index in [1.807, 2.05) is 0 Å². The van der Waals surface area contributed by atoms with Crippen molar-refractivity contribution in [3.05, 3.63) is 51.7 Å². The molecule has 2 heterocycles. The Bertz CT molecular complexity index is 636. The molecular weight excluding hydrogens is 235 g/mol. The van der Waals surface area contributed by atoms with E-state index in [9.17, 15) is 9.18 Å². The van der Waals surface area contributed by atoms with Crippen molar-refractivity contribution in [2.75, 3.05) is 5.32 Å². The third-order valence-electron chi connectivity index (χ3n) is 2.80. The van der Waals surface area contributed by atoms with Gasteiger partial charge in [-0.05, 0) is 24.3 Å². The maximum absolute atomic E-state index is 12.8. The number of aromatic amines is 1. The van der Waals surface area contributed by atoms with Crippen LogP contribution in [-0.4, -0.2) is 9.97 Å². The van der Waals surface area contributed by atoms with Crippen molar-refractivity contribution in [2.24, 2.45) is 0 Å². The zero-order valence-corrected chi connectivity index (χ0v) is 9.46. The van der Waals surface area contributed by atoms with Crippen LogP contribution in [-0.2, 0) is 13.1 Å². The topological polar surface area (TPSA) is 69.8 Å². The second kappa shape index (κ2) is 4.23. The summed E-state index contributed by atoms with van der Waals surface area (Å²) in [5, 5.41) is 6.01. The van der Waals surface area contributed by atoms with Crippen LogP contribution < -0.4 is 16.2 Å². The fourth-order valence-corrected chi connectivity index (χ4v) is 1.91. The van der Waals surface area contributed by atoms with Crippen molar-refractivity contribution in [2.45, 2.75) is 13.1 Å². The third kappa shape index (κ3) is 1.98. The van der Waals surface area contributed by atoms with Crippen molar-refractivity contribution in [1.29, 1.82) is 0 Å². The number of hydrogen-bond acceptors (Lipinski definition) is 4. The zero-order chi connectivity index (χ0) is 12.5. The summed E-state index contributed by atoms with van der Waals surface area (Å²) in [6.45, 7) is 1.14. The van der Waals surface area contributed by atoms with Gasteiger partial charge in [0.1, 0.15) is 5.82 Å². The summed E-state index contributed by atoms with van der Waals surface area (Å²) >= 11 is 0. The standard InChI is InChI=1S/C12H11FN4O/c13-7-1-3-8(4-2-7)15-12-16-10-6-14-5-9(10)11(18)17-12/h1-4,14H,5-6H2,(H2,15,16,17,18). The van der Waals surface area contributed by atoms with Crippen molar-refractivity contribution >= 4 is 11.6 Å². The van der Waals surface area contributed by atoms with Gasteiger partial charge in [-0.1, -0.05) is 0 Å². The van der Waals surface area contributed by atoms with Gasteiger partial charge >= 0.3 is 0 Å². The van der Waals surface area contributed by atoms with E-state index in [1.54, 1.807) is 12.1 Å². The van der Waals surface area contributed by atoms with E-state index in [2.05, 4.69) is 20.6 Å². The Morgan fingerprint density at radius 1 is 1.22 bits per heavy atom. The monoisotopic (exact) mass is 246 g/mol. The number of anilines is 2. The molecule has 5 nitrogen and oxygen atoms in total. The molecule has 92 valence electrons. The van der Waals surface area contributed by atoms with Crippen molar-refractivity contribution in [3.8, 4) is 0 Å². The number of nitrogens with one attached hydrogen (secondary N) is 3. The lowest BCUT2D eigenvalue weighted by molar-refractivity contribution is 0.628. The summed E-state index contributed by atoms with van der Waals surface area (Å²) in [5.41, 5.74) is 1.96.